The van der Waals surface area contributed by atoms with Gasteiger partial charge in [-0.15, -0.1) is 11.8 Å². The molecule has 0 spiro atoms. The second-order valence-corrected chi connectivity index (χ2v) is 7.25. The van der Waals surface area contributed by atoms with Crippen LogP contribution in [0.4, 0.5) is 5.69 Å². The maximum absolute atomic E-state index is 13.3. The lowest BCUT2D eigenvalue weighted by Crippen LogP contribution is -2.44. The standard InChI is InChI=1S/C20H23NO2S/c1-2-24-18-11-7-6-10-17(18)21-19(22)20(12-14-23-15-13-20)16-8-4-3-5-9-16/h3-11H,2,12-15H2,1H3,(H,21,22). The van der Waals surface area contributed by atoms with Gasteiger partial charge in [-0.1, -0.05) is 49.4 Å². The fourth-order valence-corrected chi connectivity index (χ4v) is 3.98. The van der Waals surface area contributed by atoms with Crippen molar-refractivity contribution in [2.24, 2.45) is 0 Å². The minimum atomic E-state index is -0.510. The van der Waals surface area contributed by atoms with E-state index < -0.39 is 5.41 Å². The highest BCUT2D eigenvalue weighted by molar-refractivity contribution is 7.99. The minimum Gasteiger partial charge on any atom is -0.381 e. The van der Waals surface area contributed by atoms with Crippen molar-refractivity contribution in [2.75, 3.05) is 24.3 Å². The molecule has 1 N–H and O–H groups in total. The highest BCUT2D eigenvalue weighted by Crippen LogP contribution is 2.37. The zero-order chi connectivity index (χ0) is 16.8. The Morgan fingerprint density at radius 2 is 1.75 bits per heavy atom. The summed E-state index contributed by atoms with van der Waals surface area (Å²) in [5.74, 6) is 1.05. The van der Waals surface area contributed by atoms with Gasteiger partial charge in [0, 0.05) is 18.1 Å². The molecular formula is C20H23NO2S. The molecule has 1 aliphatic heterocycles. The van der Waals surface area contributed by atoms with Crippen LogP contribution < -0.4 is 5.32 Å². The summed E-state index contributed by atoms with van der Waals surface area (Å²) < 4.78 is 5.52. The molecule has 3 nitrogen and oxygen atoms in total. The third kappa shape index (κ3) is 3.50. The maximum Gasteiger partial charge on any atom is 0.235 e. The van der Waals surface area contributed by atoms with Crippen molar-refractivity contribution in [3.05, 3.63) is 60.2 Å². The third-order valence-electron chi connectivity index (χ3n) is 4.54. The molecule has 24 heavy (non-hydrogen) atoms. The Balaban J connectivity index is 1.90. The molecule has 1 fully saturated rings. The van der Waals surface area contributed by atoms with E-state index in [2.05, 4.69) is 30.4 Å². The van der Waals surface area contributed by atoms with E-state index in [1.54, 1.807) is 11.8 Å². The van der Waals surface area contributed by atoms with E-state index in [9.17, 15) is 4.79 Å². The van der Waals surface area contributed by atoms with Crippen molar-refractivity contribution in [3.63, 3.8) is 0 Å². The second-order valence-electron chi connectivity index (χ2n) is 5.94. The van der Waals surface area contributed by atoms with Crippen LogP contribution in [0.3, 0.4) is 0 Å². The number of amides is 1. The lowest BCUT2D eigenvalue weighted by atomic mass is 9.73. The average molecular weight is 341 g/mol. The normalized spacial score (nSPS) is 16.5. The van der Waals surface area contributed by atoms with Crippen molar-refractivity contribution in [3.8, 4) is 0 Å². The van der Waals surface area contributed by atoms with E-state index in [-0.39, 0.29) is 5.91 Å². The molecule has 0 unspecified atom stereocenters. The first kappa shape index (κ1) is 17.1. The van der Waals surface area contributed by atoms with Gasteiger partial charge in [0.2, 0.25) is 5.91 Å². The molecular weight excluding hydrogens is 318 g/mol. The SMILES string of the molecule is CCSc1ccccc1NC(=O)C1(c2ccccc2)CCOCC1. The fraction of sp³-hybridized carbons (Fsp3) is 0.350. The van der Waals surface area contributed by atoms with Crippen LogP contribution in [0.15, 0.2) is 59.5 Å². The Hall–Kier alpha value is -1.78. The molecule has 1 saturated heterocycles. The zero-order valence-electron chi connectivity index (χ0n) is 14.0. The monoisotopic (exact) mass is 341 g/mol. The van der Waals surface area contributed by atoms with Crippen LogP contribution in [0.25, 0.3) is 0 Å². The Bertz CT molecular complexity index is 681. The number of benzene rings is 2. The lowest BCUT2D eigenvalue weighted by molar-refractivity contribution is -0.125. The van der Waals surface area contributed by atoms with E-state index in [0.29, 0.717) is 26.1 Å². The topological polar surface area (TPSA) is 38.3 Å². The smallest absolute Gasteiger partial charge is 0.235 e. The zero-order valence-corrected chi connectivity index (χ0v) is 14.8. The number of hydrogen-bond acceptors (Lipinski definition) is 3. The molecule has 2 aromatic rings. The molecule has 4 heteroatoms. The molecule has 0 saturated carbocycles. The van der Waals surface area contributed by atoms with Crippen LogP contribution >= 0.6 is 11.8 Å². The quantitative estimate of drug-likeness (QED) is 0.815. The highest BCUT2D eigenvalue weighted by Gasteiger charge is 2.41. The van der Waals surface area contributed by atoms with E-state index in [1.165, 1.54) is 0 Å². The first-order valence-electron chi connectivity index (χ1n) is 8.43. The van der Waals surface area contributed by atoms with E-state index in [0.717, 1.165) is 21.9 Å². The van der Waals surface area contributed by atoms with Gasteiger partial charge in [-0.3, -0.25) is 4.79 Å². The summed E-state index contributed by atoms with van der Waals surface area (Å²) in [5, 5.41) is 3.19. The van der Waals surface area contributed by atoms with Crippen molar-refractivity contribution >= 4 is 23.4 Å². The van der Waals surface area contributed by atoms with Gasteiger partial charge in [0.25, 0.3) is 0 Å². The molecule has 0 radical (unpaired) electrons. The molecule has 0 atom stereocenters. The number of ether oxygens (including phenoxy) is 1. The van der Waals surface area contributed by atoms with Gasteiger partial charge in [-0.25, -0.2) is 0 Å². The number of anilines is 1. The van der Waals surface area contributed by atoms with Crippen molar-refractivity contribution in [1.29, 1.82) is 0 Å². The van der Waals surface area contributed by atoms with Gasteiger partial charge in [0.15, 0.2) is 0 Å². The maximum atomic E-state index is 13.3. The van der Waals surface area contributed by atoms with Crippen molar-refractivity contribution in [1.82, 2.24) is 0 Å². The predicted octanol–water partition coefficient (Wildman–Crippen LogP) is 4.49. The number of carbonyl (C=O) groups is 1. The Morgan fingerprint density at radius 3 is 2.46 bits per heavy atom. The number of para-hydroxylation sites is 1. The van der Waals surface area contributed by atoms with Crippen molar-refractivity contribution < 1.29 is 9.53 Å². The van der Waals surface area contributed by atoms with Gasteiger partial charge in [0.1, 0.15) is 0 Å². The molecule has 1 aliphatic rings. The van der Waals surface area contributed by atoms with Crippen LogP contribution in [0.2, 0.25) is 0 Å². The summed E-state index contributed by atoms with van der Waals surface area (Å²) in [4.78, 5) is 14.4. The number of nitrogens with one attached hydrogen (secondary N) is 1. The van der Waals surface area contributed by atoms with Crippen LogP contribution in [-0.4, -0.2) is 24.9 Å². The molecule has 1 heterocycles. The minimum absolute atomic E-state index is 0.0705. The van der Waals surface area contributed by atoms with E-state index in [1.807, 2.05) is 36.4 Å². The Kier molecular flexibility index (Phi) is 5.59. The molecule has 0 aromatic heterocycles. The molecule has 0 bridgehead atoms. The molecule has 1 amide bonds. The van der Waals surface area contributed by atoms with Gasteiger partial charge in [-0.05, 0) is 36.3 Å². The molecule has 126 valence electrons. The first-order chi connectivity index (χ1) is 11.8. The summed E-state index contributed by atoms with van der Waals surface area (Å²) in [6.45, 7) is 3.36. The van der Waals surface area contributed by atoms with E-state index in [4.69, 9.17) is 4.74 Å². The number of carbonyl (C=O) groups excluding carboxylic acids is 1. The summed E-state index contributed by atoms with van der Waals surface area (Å²) in [5.41, 5.74) is 1.46. The molecule has 0 aliphatic carbocycles. The number of hydrogen-bond donors (Lipinski definition) is 1. The van der Waals surface area contributed by atoms with Crippen molar-refractivity contribution in [2.45, 2.75) is 30.1 Å². The van der Waals surface area contributed by atoms with E-state index >= 15 is 0 Å². The van der Waals surface area contributed by atoms with Crippen LogP contribution in [0.1, 0.15) is 25.3 Å². The Morgan fingerprint density at radius 1 is 1.08 bits per heavy atom. The molecule has 2 aromatic carbocycles. The van der Waals surface area contributed by atoms with Gasteiger partial charge >= 0.3 is 0 Å². The predicted molar refractivity (Wildman–Crippen MR) is 99.6 cm³/mol. The average Bonchev–Trinajstić information content (AvgIpc) is 2.65. The van der Waals surface area contributed by atoms with Gasteiger partial charge in [-0.2, -0.15) is 0 Å². The second kappa shape index (κ2) is 7.86. The Labute approximate surface area is 147 Å². The fourth-order valence-electron chi connectivity index (χ4n) is 3.22. The van der Waals surface area contributed by atoms with Crippen LogP contribution in [-0.2, 0) is 14.9 Å². The number of thioether (sulfide) groups is 1. The third-order valence-corrected chi connectivity index (χ3v) is 5.50. The highest BCUT2D eigenvalue weighted by atomic mass is 32.2. The van der Waals surface area contributed by atoms with Crippen LogP contribution in [0.5, 0.6) is 0 Å². The summed E-state index contributed by atoms with van der Waals surface area (Å²) in [6.07, 6.45) is 1.43. The van der Waals surface area contributed by atoms with Crippen LogP contribution in [0, 0.1) is 0 Å². The molecule has 3 rings (SSSR count). The van der Waals surface area contributed by atoms with Gasteiger partial charge in [0.05, 0.1) is 11.1 Å². The summed E-state index contributed by atoms with van der Waals surface area (Å²) in [7, 11) is 0. The first-order valence-corrected chi connectivity index (χ1v) is 9.41. The largest absolute Gasteiger partial charge is 0.381 e. The summed E-state index contributed by atoms with van der Waals surface area (Å²) >= 11 is 1.75. The van der Waals surface area contributed by atoms with Gasteiger partial charge < -0.3 is 10.1 Å². The summed E-state index contributed by atoms with van der Waals surface area (Å²) in [6, 6.07) is 18.1. The number of rotatable bonds is 5. The lowest BCUT2D eigenvalue weighted by Gasteiger charge is -2.36.